The van der Waals surface area contributed by atoms with Gasteiger partial charge < -0.3 is 26.2 Å². The lowest BCUT2D eigenvalue weighted by atomic mass is 10.0. The van der Waals surface area contributed by atoms with Gasteiger partial charge in [0, 0.05) is 31.9 Å². The number of nitrogens with zero attached hydrogens (tertiary/aromatic N) is 1. The molecule has 104 valence electrons. The minimum Gasteiger partial charge on any atom is -0.385 e. The fourth-order valence-electron chi connectivity index (χ4n) is 2.17. The Morgan fingerprint density at radius 3 is 2.63 bits per heavy atom. The maximum Gasteiger partial charge on any atom is 0.249 e. The Kier molecular flexibility index (Phi) is 4.36. The number of anilines is 1. The molecule has 6 heteroatoms. The van der Waals surface area contributed by atoms with E-state index < -0.39 is 18.1 Å². The maximum absolute atomic E-state index is 10.9. The molecule has 1 aliphatic rings. The van der Waals surface area contributed by atoms with Gasteiger partial charge in [0.15, 0.2) is 6.10 Å². The zero-order chi connectivity index (χ0) is 13.8. The molecule has 0 radical (unpaired) electrons. The molecule has 1 amide bonds. The number of amides is 1. The first-order valence-electron chi connectivity index (χ1n) is 6.30. The minimum atomic E-state index is -1.58. The monoisotopic (exact) mass is 265 g/mol. The van der Waals surface area contributed by atoms with Gasteiger partial charge in [0.2, 0.25) is 5.91 Å². The molecule has 1 fully saturated rings. The molecule has 1 aromatic rings. The number of nitrogens with two attached hydrogens (primary N) is 1. The highest BCUT2D eigenvalue weighted by molar-refractivity contribution is 5.79. The summed E-state index contributed by atoms with van der Waals surface area (Å²) in [5, 5.41) is 22.7. The van der Waals surface area contributed by atoms with E-state index in [1.807, 2.05) is 6.07 Å². The van der Waals surface area contributed by atoms with E-state index in [9.17, 15) is 15.0 Å². The van der Waals surface area contributed by atoms with Gasteiger partial charge in [0.25, 0.3) is 0 Å². The van der Waals surface area contributed by atoms with Crippen LogP contribution in [0.5, 0.6) is 0 Å². The zero-order valence-electron chi connectivity index (χ0n) is 10.6. The first kappa shape index (κ1) is 13.8. The number of carbonyl (C=O) groups excluding carboxylic acids is 1. The van der Waals surface area contributed by atoms with Gasteiger partial charge in [-0.1, -0.05) is 12.1 Å². The third-order valence-electron chi connectivity index (χ3n) is 3.28. The average Bonchev–Trinajstić information content (AvgIpc) is 2.46. The fraction of sp³-hybridized carbons (Fsp3) is 0.462. The number of rotatable bonds is 4. The van der Waals surface area contributed by atoms with E-state index in [4.69, 9.17) is 5.73 Å². The number of piperazine rings is 1. The third-order valence-corrected chi connectivity index (χ3v) is 3.28. The van der Waals surface area contributed by atoms with Crippen LogP contribution in [0.15, 0.2) is 24.3 Å². The topological polar surface area (TPSA) is 98.8 Å². The number of benzene rings is 1. The Bertz CT molecular complexity index is 447. The number of nitrogens with one attached hydrogen (secondary N) is 1. The van der Waals surface area contributed by atoms with Crippen LogP contribution in [0.4, 0.5) is 5.69 Å². The molecule has 0 saturated carbocycles. The van der Waals surface area contributed by atoms with Crippen molar-refractivity contribution in [2.45, 2.75) is 12.2 Å². The van der Waals surface area contributed by atoms with Crippen LogP contribution in [-0.4, -0.2) is 48.4 Å². The summed E-state index contributed by atoms with van der Waals surface area (Å²) in [6.45, 7) is 3.60. The van der Waals surface area contributed by atoms with Crippen LogP contribution in [0.2, 0.25) is 0 Å². The molecule has 2 unspecified atom stereocenters. The van der Waals surface area contributed by atoms with Crippen LogP contribution >= 0.6 is 0 Å². The van der Waals surface area contributed by atoms with Crippen molar-refractivity contribution < 1.29 is 15.0 Å². The first-order valence-corrected chi connectivity index (χ1v) is 6.30. The molecule has 0 bridgehead atoms. The van der Waals surface area contributed by atoms with Crippen LogP contribution in [0, 0.1) is 0 Å². The van der Waals surface area contributed by atoms with E-state index in [1.165, 1.54) is 0 Å². The van der Waals surface area contributed by atoms with E-state index in [0.29, 0.717) is 5.56 Å². The van der Waals surface area contributed by atoms with Gasteiger partial charge in [-0.05, 0) is 17.7 Å². The van der Waals surface area contributed by atoms with Gasteiger partial charge in [0.1, 0.15) is 6.10 Å². The number of primary amides is 1. The molecule has 1 heterocycles. The number of aliphatic hydroxyl groups excluding tert-OH is 2. The summed E-state index contributed by atoms with van der Waals surface area (Å²) in [5.74, 6) is -0.930. The summed E-state index contributed by atoms with van der Waals surface area (Å²) >= 11 is 0. The number of hydrogen-bond donors (Lipinski definition) is 4. The fourth-order valence-corrected chi connectivity index (χ4v) is 2.17. The van der Waals surface area contributed by atoms with Crippen molar-refractivity contribution >= 4 is 11.6 Å². The van der Waals surface area contributed by atoms with Gasteiger partial charge in [-0.2, -0.15) is 0 Å². The smallest absolute Gasteiger partial charge is 0.249 e. The highest BCUT2D eigenvalue weighted by atomic mass is 16.3. The lowest BCUT2D eigenvalue weighted by Gasteiger charge is -2.30. The van der Waals surface area contributed by atoms with Crippen LogP contribution in [-0.2, 0) is 4.79 Å². The molecule has 2 atom stereocenters. The highest BCUT2D eigenvalue weighted by Crippen LogP contribution is 2.23. The largest absolute Gasteiger partial charge is 0.385 e. The quantitative estimate of drug-likeness (QED) is 0.558. The summed E-state index contributed by atoms with van der Waals surface area (Å²) < 4.78 is 0. The summed E-state index contributed by atoms with van der Waals surface area (Å²) in [4.78, 5) is 13.1. The molecule has 1 aromatic carbocycles. The van der Waals surface area contributed by atoms with Crippen molar-refractivity contribution in [3.05, 3.63) is 29.8 Å². The Morgan fingerprint density at radius 1 is 1.32 bits per heavy atom. The minimum absolute atomic E-state index is 0.488. The Hall–Kier alpha value is -1.63. The molecular weight excluding hydrogens is 246 g/mol. The molecule has 0 aromatic heterocycles. The van der Waals surface area contributed by atoms with Crippen LogP contribution < -0.4 is 16.0 Å². The van der Waals surface area contributed by atoms with E-state index in [-0.39, 0.29) is 0 Å². The van der Waals surface area contributed by atoms with Crippen molar-refractivity contribution in [3.63, 3.8) is 0 Å². The summed E-state index contributed by atoms with van der Waals surface area (Å²) in [6, 6.07) is 7.19. The highest BCUT2D eigenvalue weighted by Gasteiger charge is 2.24. The lowest BCUT2D eigenvalue weighted by molar-refractivity contribution is -0.131. The van der Waals surface area contributed by atoms with Gasteiger partial charge in [0.05, 0.1) is 0 Å². The van der Waals surface area contributed by atoms with Crippen molar-refractivity contribution in [3.8, 4) is 0 Å². The maximum atomic E-state index is 10.9. The second-order valence-electron chi connectivity index (χ2n) is 4.62. The molecule has 6 nitrogen and oxygen atoms in total. The predicted molar refractivity (Wildman–Crippen MR) is 71.7 cm³/mol. The van der Waals surface area contributed by atoms with E-state index >= 15 is 0 Å². The molecular formula is C13H19N3O3. The summed E-state index contributed by atoms with van der Waals surface area (Å²) in [7, 11) is 0. The number of carbonyl (C=O) groups is 1. The van der Waals surface area contributed by atoms with Crippen molar-refractivity contribution in [2.24, 2.45) is 5.73 Å². The second-order valence-corrected chi connectivity index (χ2v) is 4.62. The van der Waals surface area contributed by atoms with Gasteiger partial charge in [-0.25, -0.2) is 0 Å². The normalized spacial score (nSPS) is 18.9. The predicted octanol–water partition coefficient (Wildman–Crippen LogP) is -1.02. The number of hydrogen-bond acceptors (Lipinski definition) is 5. The standard InChI is InChI=1S/C13H19N3O3/c14-13(19)12(18)11(17)9-2-1-3-10(8-9)16-6-4-15-5-7-16/h1-3,8,11-12,15,17-18H,4-7H2,(H2,14,19). The lowest BCUT2D eigenvalue weighted by Crippen LogP contribution is -2.43. The third kappa shape index (κ3) is 3.23. The molecule has 0 aliphatic carbocycles. The average molecular weight is 265 g/mol. The van der Waals surface area contributed by atoms with Gasteiger partial charge in [-0.3, -0.25) is 4.79 Å². The van der Waals surface area contributed by atoms with Crippen LogP contribution in [0.3, 0.4) is 0 Å². The van der Waals surface area contributed by atoms with E-state index in [1.54, 1.807) is 18.2 Å². The van der Waals surface area contributed by atoms with E-state index in [0.717, 1.165) is 31.9 Å². The zero-order valence-corrected chi connectivity index (χ0v) is 10.6. The van der Waals surface area contributed by atoms with Crippen LogP contribution in [0.25, 0.3) is 0 Å². The van der Waals surface area contributed by atoms with Gasteiger partial charge in [-0.15, -0.1) is 0 Å². The Morgan fingerprint density at radius 2 is 2.00 bits per heavy atom. The van der Waals surface area contributed by atoms with Crippen LogP contribution in [0.1, 0.15) is 11.7 Å². The molecule has 0 spiro atoms. The van der Waals surface area contributed by atoms with Crippen molar-refractivity contribution in [1.29, 1.82) is 0 Å². The number of aliphatic hydroxyl groups is 2. The van der Waals surface area contributed by atoms with Gasteiger partial charge >= 0.3 is 0 Å². The SMILES string of the molecule is NC(=O)C(O)C(O)c1cccc(N2CCNCC2)c1. The Labute approximate surface area is 111 Å². The molecule has 2 rings (SSSR count). The first-order chi connectivity index (χ1) is 9.09. The molecule has 1 saturated heterocycles. The molecule has 19 heavy (non-hydrogen) atoms. The second kappa shape index (κ2) is 6.01. The molecule has 1 aliphatic heterocycles. The van der Waals surface area contributed by atoms with Crippen molar-refractivity contribution in [1.82, 2.24) is 5.32 Å². The molecule has 5 N–H and O–H groups in total. The van der Waals surface area contributed by atoms with E-state index in [2.05, 4.69) is 10.2 Å². The Balaban J connectivity index is 2.16. The summed E-state index contributed by atoms with van der Waals surface area (Å²) in [6.07, 6.45) is -2.88. The van der Waals surface area contributed by atoms with Crippen molar-refractivity contribution in [2.75, 3.05) is 31.1 Å². The summed E-state index contributed by atoms with van der Waals surface area (Å²) in [5.41, 5.74) is 6.44.